The van der Waals surface area contributed by atoms with Gasteiger partial charge < -0.3 is 10.1 Å². The number of nitrogens with one attached hydrogen (secondary N) is 1. The van der Waals surface area contributed by atoms with E-state index in [0.717, 1.165) is 45.9 Å². The number of nitro benzene ring substituents is 1. The van der Waals surface area contributed by atoms with Crippen LogP contribution in [-0.2, 0) is 6.42 Å². The van der Waals surface area contributed by atoms with E-state index in [2.05, 4.69) is 29.6 Å². The summed E-state index contributed by atoms with van der Waals surface area (Å²) in [5, 5.41) is 14.2. The number of para-hydroxylation sites is 3. The van der Waals surface area contributed by atoms with Gasteiger partial charge in [-0.05, 0) is 55.3 Å². The van der Waals surface area contributed by atoms with Crippen molar-refractivity contribution in [3.05, 3.63) is 99.6 Å². The molecule has 5 rings (SSSR count). The lowest BCUT2D eigenvalue weighted by Gasteiger charge is -2.36. The predicted octanol–water partition coefficient (Wildman–Crippen LogP) is 6.27. The van der Waals surface area contributed by atoms with E-state index in [1.807, 2.05) is 42.5 Å². The van der Waals surface area contributed by atoms with Crippen molar-refractivity contribution in [1.29, 1.82) is 0 Å². The molecule has 5 nitrogen and oxygen atoms in total. The van der Waals surface area contributed by atoms with E-state index in [-0.39, 0.29) is 10.6 Å². The third-order valence-corrected chi connectivity index (χ3v) is 6.76. The minimum absolute atomic E-state index is 0.187. The maximum absolute atomic E-state index is 11.3. The molecular formula is C24H20N2O3S. The molecule has 3 aromatic rings. The second-order valence-corrected chi connectivity index (χ2v) is 8.61. The maximum atomic E-state index is 11.3. The first-order valence-corrected chi connectivity index (χ1v) is 10.7. The average Bonchev–Trinajstić information content (AvgIpc) is 3.13. The van der Waals surface area contributed by atoms with Gasteiger partial charge in [-0.1, -0.05) is 48.5 Å². The van der Waals surface area contributed by atoms with Gasteiger partial charge >= 0.3 is 0 Å². The van der Waals surface area contributed by atoms with Crippen molar-refractivity contribution in [1.82, 2.24) is 0 Å². The maximum Gasteiger partial charge on any atom is 0.272 e. The zero-order valence-electron chi connectivity index (χ0n) is 16.2. The monoisotopic (exact) mass is 416 g/mol. The topological polar surface area (TPSA) is 64.4 Å². The number of thioether (sulfide) groups is 1. The highest BCUT2D eigenvalue weighted by Crippen LogP contribution is 2.53. The quantitative estimate of drug-likeness (QED) is 0.392. The van der Waals surface area contributed by atoms with E-state index >= 15 is 0 Å². The van der Waals surface area contributed by atoms with Crippen LogP contribution in [0.5, 0.6) is 5.75 Å². The first-order valence-electron chi connectivity index (χ1n) is 9.92. The van der Waals surface area contributed by atoms with Crippen LogP contribution in [0.3, 0.4) is 0 Å². The Morgan fingerprint density at radius 2 is 1.73 bits per heavy atom. The van der Waals surface area contributed by atoms with Crippen molar-refractivity contribution in [2.45, 2.75) is 29.2 Å². The van der Waals surface area contributed by atoms with Gasteiger partial charge in [-0.2, -0.15) is 0 Å². The second-order valence-electron chi connectivity index (χ2n) is 7.39. The van der Waals surface area contributed by atoms with Gasteiger partial charge in [0, 0.05) is 27.7 Å². The van der Waals surface area contributed by atoms with Gasteiger partial charge in [-0.25, -0.2) is 0 Å². The Labute approximate surface area is 178 Å². The van der Waals surface area contributed by atoms with Gasteiger partial charge in [-0.3, -0.25) is 10.1 Å². The summed E-state index contributed by atoms with van der Waals surface area (Å²) in [5.74, 6) is 0.854. The van der Waals surface area contributed by atoms with Crippen LogP contribution in [0.1, 0.15) is 24.0 Å². The average molecular weight is 417 g/mol. The number of ether oxygens (including phenoxy) is 1. The Bertz CT molecular complexity index is 1130. The summed E-state index contributed by atoms with van der Waals surface area (Å²) < 4.78 is 6.52. The van der Waals surface area contributed by atoms with Gasteiger partial charge in [0.05, 0.1) is 10.6 Å². The van der Waals surface area contributed by atoms with Gasteiger partial charge in [0.25, 0.3) is 10.7 Å². The Hall–Kier alpha value is -3.25. The molecule has 2 heterocycles. The Balaban J connectivity index is 1.42. The zero-order chi connectivity index (χ0) is 20.6. The number of nitro groups is 1. The van der Waals surface area contributed by atoms with Crippen LogP contribution in [0.4, 0.5) is 11.4 Å². The summed E-state index contributed by atoms with van der Waals surface area (Å²) in [6, 6.07) is 23.2. The SMILES string of the molecule is O=[N+]([O-])c1ccccc1CCCC1=Cc2ccccc2OC12Nc1ccccc1S2. The molecule has 0 fully saturated rings. The van der Waals surface area contributed by atoms with Crippen molar-refractivity contribution in [2.24, 2.45) is 0 Å². The van der Waals surface area contributed by atoms with Crippen molar-refractivity contribution in [3.63, 3.8) is 0 Å². The van der Waals surface area contributed by atoms with Gasteiger partial charge in [0.15, 0.2) is 0 Å². The van der Waals surface area contributed by atoms with Crippen LogP contribution < -0.4 is 10.1 Å². The summed E-state index contributed by atoms with van der Waals surface area (Å²) in [6.07, 6.45) is 4.41. The van der Waals surface area contributed by atoms with E-state index in [0.29, 0.717) is 6.42 Å². The molecule has 1 N–H and O–H groups in total. The molecule has 3 aromatic carbocycles. The Morgan fingerprint density at radius 3 is 2.60 bits per heavy atom. The standard InChI is InChI=1S/C24H20N2O3S/c27-26(28)21-13-4-1-8-17(21)10-7-11-19-16-18-9-2-5-14-22(18)29-24(19)25-20-12-3-6-15-23(20)30-24/h1-6,8-9,12-16,25H,7,10-11H2. The fraction of sp³-hybridized carbons (Fsp3) is 0.167. The molecule has 0 amide bonds. The lowest BCUT2D eigenvalue weighted by atomic mass is 9.98. The number of benzene rings is 3. The Morgan fingerprint density at radius 1 is 0.967 bits per heavy atom. The molecule has 30 heavy (non-hydrogen) atoms. The lowest BCUT2D eigenvalue weighted by molar-refractivity contribution is -0.385. The molecular weight excluding hydrogens is 396 g/mol. The van der Waals surface area contributed by atoms with E-state index < -0.39 is 5.06 Å². The normalized spacial score (nSPS) is 18.7. The predicted molar refractivity (Wildman–Crippen MR) is 120 cm³/mol. The molecule has 0 aliphatic carbocycles. The number of aryl methyl sites for hydroxylation is 1. The molecule has 150 valence electrons. The van der Waals surface area contributed by atoms with Gasteiger partial charge in [0.2, 0.25) is 0 Å². The van der Waals surface area contributed by atoms with Crippen molar-refractivity contribution in [3.8, 4) is 5.75 Å². The fourth-order valence-corrected chi connectivity index (χ4v) is 5.28. The summed E-state index contributed by atoms with van der Waals surface area (Å²) in [4.78, 5) is 12.2. The van der Waals surface area contributed by atoms with Crippen molar-refractivity contribution >= 4 is 29.2 Å². The fourth-order valence-electron chi connectivity index (χ4n) is 4.01. The zero-order valence-corrected chi connectivity index (χ0v) is 17.0. The largest absolute Gasteiger partial charge is 0.454 e. The van der Waals surface area contributed by atoms with Crippen LogP contribution in [0.25, 0.3) is 6.08 Å². The van der Waals surface area contributed by atoms with Gasteiger partial charge in [0.1, 0.15) is 5.75 Å². The molecule has 0 radical (unpaired) electrons. The molecule has 0 aromatic heterocycles. The molecule has 0 saturated carbocycles. The lowest BCUT2D eigenvalue weighted by Crippen LogP contribution is -2.41. The van der Waals surface area contributed by atoms with Crippen LogP contribution in [0.2, 0.25) is 0 Å². The second kappa shape index (κ2) is 7.54. The minimum Gasteiger partial charge on any atom is -0.454 e. The van der Waals surface area contributed by atoms with E-state index in [1.54, 1.807) is 23.9 Å². The van der Waals surface area contributed by atoms with Crippen molar-refractivity contribution in [2.75, 3.05) is 5.32 Å². The number of rotatable bonds is 5. The summed E-state index contributed by atoms with van der Waals surface area (Å²) in [5.41, 5.74) is 4.21. The molecule has 1 atom stereocenters. The summed E-state index contributed by atoms with van der Waals surface area (Å²) in [6.45, 7) is 0. The number of hydrogen-bond acceptors (Lipinski definition) is 5. The molecule has 1 spiro atoms. The van der Waals surface area contributed by atoms with Crippen LogP contribution in [0.15, 0.2) is 83.3 Å². The van der Waals surface area contributed by atoms with Crippen LogP contribution in [-0.4, -0.2) is 9.98 Å². The van der Waals surface area contributed by atoms with E-state index in [1.165, 1.54) is 0 Å². The molecule has 0 saturated heterocycles. The molecule has 2 aliphatic heterocycles. The molecule has 2 aliphatic rings. The molecule has 0 bridgehead atoms. The molecule has 1 unspecified atom stereocenters. The van der Waals surface area contributed by atoms with E-state index in [9.17, 15) is 10.1 Å². The first-order chi connectivity index (χ1) is 14.6. The highest BCUT2D eigenvalue weighted by molar-refractivity contribution is 8.01. The number of hydrogen-bond donors (Lipinski definition) is 1. The third kappa shape index (κ3) is 3.33. The highest BCUT2D eigenvalue weighted by atomic mass is 32.2. The third-order valence-electron chi connectivity index (χ3n) is 5.45. The number of fused-ring (bicyclic) bond motifs is 2. The molecule has 6 heteroatoms. The summed E-state index contributed by atoms with van der Waals surface area (Å²) >= 11 is 1.68. The highest BCUT2D eigenvalue weighted by Gasteiger charge is 2.45. The van der Waals surface area contributed by atoms with Crippen LogP contribution in [0, 0.1) is 10.1 Å². The minimum atomic E-state index is -0.680. The first kappa shape index (κ1) is 18.8. The van der Waals surface area contributed by atoms with E-state index in [4.69, 9.17) is 4.74 Å². The van der Waals surface area contributed by atoms with Crippen molar-refractivity contribution < 1.29 is 9.66 Å². The number of nitrogens with zero attached hydrogens (tertiary/aromatic N) is 1. The van der Waals surface area contributed by atoms with Gasteiger partial charge in [-0.15, -0.1) is 0 Å². The summed E-state index contributed by atoms with van der Waals surface area (Å²) in [7, 11) is 0. The van der Waals surface area contributed by atoms with Crippen LogP contribution >= 0.6 is 11.8 Å². The smallest absolute Gasteiger partial charge is 0.272 e. The number of anilines is 1. The Kier molecular flexibility index (Phi) is 4.71.